The molecule has 1 heterocycles. The van der Waals surface area contributed by atoms with E-state index in [9.17, 15) is 9.59 Å². The number of hydrogen-bond donors (Lipinski definition) is 2. The highest BCUT2D eigenvalue weighted by atomic mass is 16.2. The van der Waals surface area contributed by atoms with Crippen molar-refractivity contribution in [2.24, 2.45) is 5.92 Å². The van der Waals surface area contributed by atoms with Gasteiger partial charge in [-0.3, -0.25) is 9.59 Å². The summed E-state index contributed by atoms with van der Waals surface area (Å²) in [6.07, 6.45) is 1.58. The Bertz CT molecular complexity index is 250. The molecule has 1 aliphatic heterocycles. The highest BCUT2D eigenvalue weighted by Gasteiger charge is 2.18. The molecule has 1 saturated heterocycles. The van der Waals surface area contributed by atoms with E-state index in [1.165, 1.54) is 0 Å². The van der Waals surface area contributed by atoms with Gasteiger partial charge in [0, 0.05) is 20.0 Å². The molecule has 0 aromatic rings. The van der Waals surface area contributed by atoms with E-state index in [4.69, 9.17) is 0 Å². The van der Waals surface area contributed by atoms with E-state index in [2.05, 4.69) is 10.6 Å². The lowest BCUT2D eigenvalue weighted by Gasteiger charge is -2.15. The molecular weight excluding hydrogens is 206 g/mol. The molecule has 1 aliphatic rings. The van der Waals surface area contributed by atoms with Crippen LogP contribution in [-0.2, 0) is 9.59 Å². The maximum Gasteiger partial charge on any atom is 0.241 e. The van der Waals surface area contributed by atoms with Gasteiger partial charge in [0.25, 0.3) is 0 Å². The molecule has 0 saturated carbocycles. The molecule has 2 amide bonds. The maximum absolute atomic E-state index is 11.5. The molecule has 0 aromatic carbocycles. The van der Waals surface area contributed by atoms with E-state index >= 15 is 0 Å². The van der Waals surface area contributed by atoms with Gasteiger partial charge in [0.2, 0.25) is 11.8 Å². The van der Waals surface area contributed by atoms with Crippen LogP contribution in [0.5, 0.6) is 0 Å². The van der Waals surface area contributed by atoms with Gasteiger partial charge in [-0.25, -0.2) is 0 Å². The summed E-state index contributed by atoms with van der Waals surface area (Å²) >= 11 is 0. The Labute approximate surface area is 96.6 Å². The van der Waals surface area contributed by atoms with E-state index in [0.717, 1.165) is 19.5 Å². The van der Waals surface area contributed by atoms with Crippen molar-refractivity contribution in [3.8, 4) is 0 Å². The second-order valence-electron chi connectivity index (χ2n) is 4.25. The van der Waals surface area contributed by atoms with Crippen molar-refractivity contribution >= 4 is 11.8 Å². The summed E-state index contributed by atoms with van der Waals surface area (Å²) in [5, 5.41) is 5.88. The first-order chi connectivity index (χ1) is 7.63. The Balaban J connectivity index is 2.16. The fourth-order valence-electron chi connectivity index (χ4n) is 1.71. The van der Waals surface area contributed by atoms with Crippen LogP contribution in [0.3, 0.4) is 0 Å². The summed E-state index contributed by atoms with van der Waals surface area (Å²) in [5.74, 6) is 0.367. The molecule has 1 atom stereocenters. The zero-order chi connectivity index (χ0) is 12.0. The normalized spacial score (nSPS) is 19.5. The van der Waals surface area contributed by atoms with Crippen LogP contribution in [0, 0.1) is 5.92 Å². The zero-order valence-corrected chi connectivity index (χ0v) is 10.1. The number of nitrogens with zero attached hydrogens (tertiary/aromatic N) is 1. The molecular formula is C11H21N3O2. The molecule has 5 nitrogen and oxygen atoms in total. The van der Waals surface area contributed by atoms with Gasteiger partial charge >= 0.3 is 0 Å². The topological polar surface area (TPSA) is 61.4 Å². The van der Waals surface area contributed by atoms with Crippen LogP contribution in [0.15, 0.2) is 0 Å². The summed E-state index contributed by atoms with van der Waals surface area (Å²) < 4.78 is 0. The molecule has 0 bridgehead atoms. The van der Waals surface area contributed by atoms with Crippen molar-refractivity contribution in [3.63, 3.8) is 0 Å². The Morgan fingerprint density at radius 1 is 1.50 bits per heavy atom. The largest absolute Gasteiger partial charge is 0.347 e. The molecule has 0 aromatic heterocycles. The molecule has 0 spiro atoms. The van der Waals surface area contributed by atoms with Crippen molar-refractivity contribution in [1.29, 1.82) is 0 Å². The van der Waals surface area contributed by atoms with E-state index in [1.807, 2.05) is 6.92 Å². The van der Waals surface area contributed by atoms with Crippen molar-refractivity contribution in [1.82, 2.24) is 15.5 Å². The summed E-state index contributed by atoms with van der Waals surface area (Å²) in [6.45, 7) is 4.60. The van der Waals surface area contributed by atoms with Crippen LogP contribution in [0.1, 0.15) is 19.8 Å². The van der Waals surface area contributed by atoms with Crippen LogP contribution in [-0.4, -0.2) is 49.9 Å². The molecule has 1 fully saturated rings. The summed E-state index contributed by atoms with van der Waals surface area (Å²) in [4.78, 5) is 24.5. The van der Waals surface area contributed by atoms with Gasteiger partial charge < -0.3 is 15.5 Å². The smallest absolute Gasteiger partial charge is 0.241 e. The fraction of sp³-hybridized carbons (Fsp3) is 0.818. The number of rotatable bonds is 5. The lowest BCUT2D eigenvalue weighted by atomic mass is 10.0. The molecule has 16 heavy (non-hydrogen) atoms. The lowest BCUT2D eigenvalue weighted by molar-refractivity contribution is -0.131. The predicted molar refractivity (Wildman–Crippen MR) is 61.9 cm³/mol. The first kappa shape index (κ1) is 13.0. The number of nitrogens with one attached hydrogen (secondary N) is 2. The van der Waals surface area contributed by atoms with E-state index in [-0.39, 0.29) is 18.4 Å². The van der Waals surface area contributed by atoms with Crippen molar-refractivity contribution < 1.29 is 9.59 Å². The van der Waals surface area contributed by atoms with E-state index < -0.39 is 0 Å². The van der Waals surface area contributed by atoms with Crippen molar-refractivity contribution in [3.05, 3.63) is 0 Å². The van der Waals surface area contributed by atoms with Gasteiger partial charge in [-0.15, -0.1) is 0 Å². The van der Waals surface area contributed by atoms with Crippen molar-refractivity contribution in [2.75, 3.05) is 33.2 Å². The Hall–Kier alpha value is -1.10. The third kappa shape index (κ3) is 4.18. The first-order valence-corrected chi connectivity index (χ1v) is 5.84. The number of carbonyl (C=O) groups is 2. The first-order valence-electron chi connectivity index (χ1n) is 5.84. The van der Waals surface area contributed by atoms with Crippen LogP contribution in [0.2, 0.25) is 0 Å². The van der Waals surface area contributed by atoms with Crippen LogP contribution >= 0.6 is 0 Å². The fourth-order valence-corrected chi connectivity index (χ4v) is 1.71. The monoisotopic (exact) mass is 227 g/mol. The number of likely N-dealkylation sites (N-methyl/N-ethyl adjacent to an activating group) is 1. The van der Waals surface area contributed by atoms with Crippen LogP contribution in [0.25, 0.3) is 0 Å². The molecule has 0 radical (unpaired) electrons. The molecule has 92 valence electrons. The van der Waals surface area contributed by atoms with E-state index in [0.29, 0.717) is 18.9 Å². The lowest BCUT2D eigenvalue weighted by Crippen LogP contribution is -2.38. The van der Waals surface area contributed by atoms with Crippen LogP contribution < -0.4 is 10.6 Å². The number of hydrogen-bond acceptors (Lipinski definition) is 3. The molecule has 1 unspecified atom stereocenters. The predicted octanol–water partition coefficient (Wildman–Crippen LogP) is -0.419. The highest BCUT2D eigenvalue weighted by molar-refractivity contribution is 5.84. The van der Waals surface area contributed by atoms with Crippen LogP contribution in [0.4, 0.5) is 0 Å². The molecule has 2 N–H and O–H groups in total. The third-order valence-corrected chi connectivity index (χ3v) is 2.97. The summed E-state index contributed by atoms with van der Waals surface area (Å²) in [7, 11) is 1.73. The zero-order valence-electron chi connectivity index (χ0n) is 10.1. The second kappa shape index (κ2) is 6.48. The standard InChI is InChI=1S/C11H21N3O2/c1-3-14(2)11(16)8-13-10(15)6-9-4-5-12-7-9/h9,12H,3-8H2,1-2H3,(H,13,15). The Kier molecular flexibility index (Phi) is 5.25. The summed E-state index contributed by atoms with van der Waals surface area (Å²) in [6, 6.07) is 0. The number of carbonyl (C=O) groups excluding carboxylic acids is 2. The highest BCUT2D eigenvalue weighted by Crippen LogP contribution is 2.11. The average molecular weight is 227 g/mol. The van der Waals surface area contributed by atoms with Gasteiger partial charge in [-0.1, -0.05) is 0 Å². The number of amides is 2. The van der Waals surface area contributed by atoms with Gasteiger partial charge in [-0.2, -0.15) is 0 Å². The molecule has 5 heteroatoms. The Morgan fingerprint density at radius 2 is 2.25 bits per heavy atom. The van der Waals surface area contributed by atoms with Gasteiger partial charge in [-0.05, 0) is 32.4 Å². The second-order valence-corrected chi connectivity index (χ2v) is 4.25. The minimum absolute atomic E-state index is 0.0217. The third-order valence-electron chi connectivity index (χ3n) is 2.97. The quantitative estimate of drug-likeness (QED) is 0.670. The maximum atomic E-state index is 11.5. The van der Waals surface area contributed by atoms with Gasteiger partial charge in [0.15, 0.2) is 0 Å². The Morgan fingerprint density at radius 3 is 2.81 bits per heavy atom. The minimum Gasteiger partial charge on any atom is -0.347 e. The minimum atomic E-state index is -0.0413. The SMILES string of the molecule is CCN(C)C(=O)CNC(=O)CC1CCNC1. The van der Waals surface area contributed by atoms with E-state index in [1.54, 1.807) is 11.9 Å². The average Bonchev–Trinajstić information content (AvgIpc) is 2.77. The van der Waals surface area contributed by atoms with Gasteiger partial charge in [0.1, 0.15) is 0 Å². The molecule has 1 rings (SSSR count). The summed E-state index contributed by atoms with van der Waals surface area (Å²) in [5.41, 5.74) is 0. The van der Waals surface area contributed by atoms with Gasteiger partial charge in [0.05, 0.1) is 6.54 Å². The van der Waals surface area contributed by atoms with Crippen molar-refractivity contribution in [2.45, 2.75) is 19.8 Å². The molecule has 0 aliphatic carbocycles.